The Morgan fingerprint density at radius 1 is 0.943 bits per heavy atom. The molecule has 0 aromatic heterocycles. The number of para-hydroxylation sites is 1. The number of anilines is 3. The van der Waals surface area contributed by atoms with Crippen LogP contribution in [0.25, 0.3) is 11.3 Å². The minimum Gasteiger partial charge on any atom is -0.354 e. The first-order valence-electron chi connectivity index (χ1n) is 11.3. The quantitative estimate of drug-likeness (QED) is 0.461. The number of nitrogens with one attached hydrogen (secondary N) is 2. The Morgan fingerprint density at radius 3 is 2.31 bits per heavy atom. The molecule has 0 aliphatic carbocycles. The lowest BCUT2D eigenvalue weighted by atomic mass is 9.99. The Balaban J connectivity index is 1.73. The lowest BCUT2D eigenvalue weighted by Crippen LogP contribution is -2.35. The summed E-state index contributed by atoms with van der Waals surface area (Å²) in [7, 11) is 0.389. The lowest BCUT2D eigenvalue weighted by Gasteiger charge is -2.24. The molecule has 1 aliphatic rings. The van der Waals surface area contributed by atoms with E-state index in [0.29, 0.717) is 30.0 Å². The van der Waals surface area contributed by atoms with Gasteiger partial charge in [-0.05, 0) is 63.0 Å². The number of carbonyl (C=O) groups is 1. The van der Waals surface area contributed by atoms with Crippen molar-refractivity contribution < 1.29 is 13.2 Å². The van der Waals surface area contributed by atoms with Gasteiger partial charge in [0.05, 0.1) is 23.2 Å². The highest BCUT2D eigenvalue weighted by atomic mass is 32.2. The maximum atomic E-state index is 13.0. The number of fused-ring (bicyclic) bond motifs is 1. The second-order valence-electron chi connectivity index (χ2n) is 8.93. The van der Waals surface area contributed by atoms with Gasteiger partial charge in [-0.25, -0.2) is 8.42 Å². The summed E-state index contributed by atoms with van der Waals surface area (Å²) in [6, 6.07) is 22.8. The maximum Gasteiger partial charge on any atom is 0.258 e. The zero-order chi connectivity index (χ0) is 25.2. The molecule has 0 saturated carbocycles. The molecule has 1 heterocycles. The van der Waals surface area contributed by atoms with E-state index in [0.717, 1.165) is 28.1 Å². The average molecular weight is 491 g/mol. The number of hydrogen-bond donors (Lipinski definition) is 2. The van der Waals surface area contributed by atoms with Crippen molar-refractivity contribution in [3.05, 3.63) is 89.5 Å². The van der Waals surface area contributed by atoms with Gasteiger partial charge in [-0.15, -0.1) is 0 Å². The molecule has 3 aromatic rings. The topological polar surface area (TPSA) is 81.8 Å². The summed E-state index contributed by atoms with van der Waals surface area (Å²) in [5.74, 6) is -0.168. The Morgan fingerprint density at radius 2 is 1.66 bits per heavy atom. The van der Waals surface area contributed by atoms with Gasteiger partial charge in [-0.1, -0.05) is 42.0 Å². The van der Waals surface area contributed by atoms with Gasteiger partial charge in [0, 0.05) is 30.0 Å². The molecule has 8 heteroatoms. The van der Waals surface area contributed by atoms with Gasteiger partial charge in [0.15, 0.2) is 0 Å². The van der Waals surface area contributed by atoms with Crippen LogP contribution < -0.4 is 14.9 Å². The number of carbonyl (C=O) groups excluding carboxylic acids is 1. The van der Waals surface area contributed by atoms with Crippen LogP contribution in [-0.2, 0) is 14.8 Å². The normalized spacial score (nSPS) is 14.5. The molecule has 1 aliphatic heterocycles. The SMILES string of the molecule is Cc1cccc(C(Nc2ccc(N(CCN(C)C)S(C)(=O)=O)cc2)=C2C(=O)Nc3ccccc32)c1. The predicted molar refractivity (Wildman–Crippen MR) is 144 cm³/mol. The molecule has 0 spiro atoms. The Bertz CT molecular complexity index is 1380. The monoisotopic (exact) mass is 490 g/mol. The zero-order valence-corrected chi connectivity index (χ0v) is 21.2. The van der Waals surface area contributed by atoms with Gasteiger partial charge in [-0.3, -0.25) is 9.10 Å². The fourth-order valence-electron chi connectivity index (χ4n) is 4.08. The van der Waals surface area contributed by atoms with Crippen LogP contribution in [0.2, 0.25) is 0 Å². The van der Waals surface area contributed by atoms with Crippen molar-refractivity contribution in [1.29, 1.82) is 0 Å². The first-order valence-corrected chi connectivity index (χ1v) is 13.2. The van der Waals surface area contributed by atoms with Crippen LogP contribution >= 0.6 is 0 Å². The van der Waals surface area contributed by atoms with E-state index in [-0.39, 0.29) is 5.91 Å². The highest BCUT2D eigenvalue weighted by Crippen LogP contribution is 2.37. The molecular weight excluding hydrogens is 460 g/mol. The largest absolute Gasteiger partial charge is 0.354 e. The van der Waals surface area contributed by atoms with E-state index in [1.165, 1.54) is 10.6 Å². The summed E-state index contributed by atoms with van der Waals surface area (Å²) in [6.07, 6.45) is 1.21. The third-order valence-electron chi connectivity index (χ3n) is 5.80. The highest BCUT2D eigenvalue weighted by molar-refractivity contribution is 7.92. The third kappa shape index (κ3) is 5.55. The van der Waals surface area contributed by atoms with E-state index in [1.54, 1.807) is 12.1 Å². The first-order chi connectivity index (χ1) is 16.6. The van der Waals surface area contributed by atoms with E-state index >= 15 is 0 Å². The standard InChI is InChI=1S/C27H30N4O3S/c1-19-8-7-9-20(18-19)26(25-23-10-5-6-11-24(23)29-27(25)32)28-21-12-14-22(15-13-21)31(35(4,33)34)17-16-30(2)3/h5-15,18,28H,16-17H2,1-4H3,(H,29,32). The van der Waals surface area contributed by atoms with Crippen molar-refractivity contribution in [2.45, 2.75) is 6.92 Å². The van der Waals surface area contributed by atoms with Crippen LogP contribution in [0.1, 0.15) is 16.7 Å². The summed E-state index contributed by atoms with van der Waals surface area (Å²) in [6.45, 7) is 2.97. The van der Waals surface area contributed by atoms with Gasteiger partial charge in [0.25, 0.3) is 5.91 Å². The number of rotatable bonds is 8. The van der Waals surface area contributed by atoms with Gasteiger partial charge in [0.1, 0.15) is 0 Å². The molecule has 0 fully saturated rings. The van der Waals surface area contributed by atoms with E-state index < -0.39 is 10.0 Å². The van der Waals surface area contributed by atoms with Crippen molar-refractivity contribution >= 4 is 44.3 Å². The van der Waals surface area contributed by atoms with Gasteiger partial charge in [-0.2, -0.15) is 0 Å². The van der Waals surface area contributed by atoms with Gasteiger partial charge < -0.3 is 15.5 Å². The van der Waals surface area contributed by atoms with Crippen molar-refractivity contribution in [3.8, 4) is 0 Å². The molecular formula is C27H30N4O3S. The molecule has 3 aromatic carbocycles. The maximum absolute atomic E-state index is 13.0. The molecule has 35 heavy (non-hydrogen) atoms. The zero-order valence-electron chi connectivity index (χ0n) is 20.4. The minimum absolute atomic E-state index is 0.168. The number of benzene rings is 3. The van der Waals surface area contributed by atoms with Gasteiger partial charge >= 0.3 is 0 Å². The fourth-order valence-corrected chi connectivity index (χ4v) is 5.00. The average Bonchev–Trinajstić information content (AvgIpc) is 3.13. The van der Waals surface area contributed by atoms with Crippen molar-refractivity contribution in [1.82, 2.24) is 4.90 Å². The fraction of sp³-hybridized carbons (Fsp3) is 0.222. The summed E-state index contributed by atoms with van der Waals surface area (Å²) < 4.78 is 26.2. The first kappa shape index (κ1) is 24.5. The number of likely N-dealkylation sites (N-methyl/N-ethyl adjacent to an activating group) is 1. The second-order valence-corrected chi connectivity index (χ2v) is 10.8. The molecule has 0 saturated heterocycles. The van der Waals surface area contributed by atoms with Crippen LogP contribution in [0, 0.1) is 6.92 Å². The highest BCUT2D eigenvalue weighted by Gasteiger charge is 2.28. The number of nitrogens with zero attached hydrogens (tertiary/aromatic N) is 2. The van der Waals surface area contributed by atoms with Gasteiger partial charge in [0.2, 0.25) is 10.0 Å². The summed E-state index contributed by atoms with van der Waals surface area (Å²) in [5, 5.41) is 6.38. The molecule has 1 amide bonds. The summed E-state index contributed by atoms with van der Waals surface area (Å²) >= 11 is 0. The minimum atomic E-state index is -3.43. The molecule has 7 nitrogen and oxygen atoms in total. The number of hydrogen-bond acceptors (Lipinski definition) is 5. The molecule has 0 atom stereocenters. The summed E-state index contributed by atoms with van der Waals surface area (Å²) in [4.78, 5) is 15.0. The van der Waals surface area contributed by atoms with Crippen LogP contribution in [0.15, 0.2) is 72.8 Å². The molecule has 0 unspecified atom stereocenters. The second kappa shape index (κ2) is 9.93. The molecule has 182 valence electrons. The predicted octanol–water partition coefficient (Wildman–Crippen LogP) is 4.26. The van der Waals surface area contributed by atoms with Crippen molar-refractivity contribution in [2.24, 2.45) is 0 Å². The van der Waals surface area contributed by atoms with E-state index in [2.05, 4.69) is 10.6 Å². The molecule has 0 bridgehead atoms. The van der Waals surface area contributed by atoms with Crippen molar-refractivity contribution in [3.63, 3.8) is 0 Å². The lowest BCUT2D eigenvalue weighted by molar-refractivity contribution is -0.110. The number of sulfonamides is 1. The Kier molecular flexibility index (Phi) is 6.95. The van der Waals surface area contributed by atoms with E-state index in [1.807, 2.05) is 86.6 Å². The Labute approximate surface area is 207 Å². The van der Waals surface area contributed by atoms with Crippen molar-refractivity contribution in [2.75, 3.05) is 48.4 Å². The molecule has 4 rings (SSSR count). The van der Waals surface area contributed by atoms with E-state index in [9.17, 15) is 13.2 Å². The van der Waals surface area contributed by atoms with Crippen LogP contribution in [0.4, 0.5) is 17.1 Å². The van der Waals surface area contributed by atoms with Crippen LogP contribution in [0.3, 0.4) is 0 Å². The smallest absolute Gasteiger partial charge is 0.258 e. The number of aryl methyl sites for hydroxylation is 1. The van der Waals surface area contributed by atoms with Crippen LogP contribution in [0.5, 0.6) is 0 Å². The number of amides is 1. The van der Waals surface area contributed by atoms with Crippen LogP contribution in [-0.4, -0.2) is 52.7 Å². The third-order valence-corrected chi connectivity index (χ3v) is 7.00. The Hall–Kier alpha value is -3.62. The van der Waals surface area contributed by atoms with E-state index in [4.69, 9.17) is 0 Å². The molecule has 2 N–H and O–H groups in total. The summed E-state index contributed by atoms with van der Waals surface area (Å²) in [5.41, 5.74) is 6.18. The molecule has 0 radical (unpaired) electrons.